The van der Waals surface area contributed by atoms with Crippen LogP contribution in [0, 0.1) is 5.92 Å². The van der Waals surface area contributed by atoms with Crippen molar-refractivity contribution in [3.63, 3.8) is 0 Å². The van der Waals surface area contributed by atoms with Crippen molar-refractivity contribution in [1.82, 2.24) is 15.5 Å². The van der Waals surface area contributed by atoms with Gasteiger partial charge in [0.1, 0.15) is 4.99 Å². The van der Waals surface area contributed by atoms with Crippen LogP contribution in [-0.2, 0) is 4.79 Å². The van der Waals surface area contributed by atoms with Crippen LogP contribution in [-0.4, -0.2) is 34.2 Å². The van der Waals surface area contributed by atoms with Crippen molar-refractivity contribution in [3.8, 4) is 0 Å². The highest BCUT2D eigenvalue weighted by atomic mass is 32.1. The molecule has 0 saturated heterocycles. The molecule has 0 spiro atoms. The quantitative estimate of drug-likeness (QED) is 0.497. The molecule has 4 N–H and O–H groups in total. The topological polar surface area (TPSA) is 92.9 Å². The fourth-order valence-electron chi connectivity index (χ4n) is 1.52. The number of aromatic nitrogens is 2. The van der Waals surface area contributed by atoms with E-state index < -0.39 is 0 Å². The van der Waals surface area contributed by atoms with Gasteiger partial charge in [0.05, 0.1) is 11.8 Å². The van der Waals surface area contributed by atoms with Crippen LogP contribution in [0.15, 0.2) is 12.3 Å². The van der Waals surface area contributed by atoms with Gasteiger partial charge in [0.25, 0.3) is 0 Å². The molecule has 1 aliphatic carbocycles. The summed E-state index contributed by atoms with van der Waals surface area (Å²) < 4.78 is 0. The highest BCUT2D eigenvalue weighted by molar-refractivity contribution is 7.80. The fraction of sp³-hybridized carbons (Fsp3) is 0.455. The lowest BCUT2D eigenvalue weighted by Crippen LogP contribution is -2.30. The van der Waals surface area contributed by atoms with Gasteiger partial charge in [-0.25, -0.2) is 0 Å². The van der Waals surface area contributed by atoms with Gasteiger partial charge in [0.15, 0.2) is 5.82 Å². The summed E-state index contributed by atoms with van der Waals surface area (Å²) in [6.45, 7) is 1.11. The van der Waals surface area contributed by atoms with Gasteiger partial charge in [-0.15, -0.1) is 5.10 Å². The zero-order chi connectivity index (χ0) is 13.0. The molecular weight excluding hydrogens is 250 g/mol. The molecule has 6 nitrogen and oxygen atoms in total. The monoisotopic (exact) mass is 265 g/mol. The molecule has 0 aliphatic heterocycles. The van der Waals surface area contributed by atoms with Gasteiger partial charge in [-0.3, -0.25) is 4.79 Å². The Kier molecular flexibility index (Phi) is 4.03. The minimum absolute atomic E-state index is 0.130. The Labute approximate surface area is 110 Å². The van der Waals surface area contributed by atoms with E-state index in [1.165, 1.54) is 6.20 Å². The lowest BCUT2D eigenvalue weighted by Gasteiger charge is -2.09. The van der Waals surface area contributed by atoms with Crippen LogP contribution in [0.5, 0.6) is 0 Å². The molecular formula is C11H15N5OS. The first-order valence-electron chi connectivity index (χ1n) is 5.81. The molecule has 18 heavy (non-hydrogen) atoms. The van der Waals surface area contributed by atoms with Crippen LogP contribution in [0.4, 0.5) is 5.82 Å². The molecule has 2 rings (SSSR count). The Balaban J connectivity index is 1.79. The van der Waals surface area contributed by atoms with E-state index in [-0.39, 0.29) is 16.8 Å². The summed E-state index contributed by atoms with van der Waals surface area (Å²) in [7, 11) is 0. The number of hydrogen-bond acceptors (Lipinski definition) is 5. The Hall–Kier alpha value is -1.76. The number of thiocarbonyl (C=S) groups is 1. The van der Waals surface area contributed by atoms with E-state index >= 15 is 0 Å². The SMILES string of the molecule is NC(=S)c1ccnnc1NCCNC(=O)C1CC1. The van der Waals surface area contributed by atoms with E-state index in [0.29, 0.717) is 24.5 Å². The number of nitrogens with two attached hydrogens (primary N) is 1. The Bertz CT molecular complexity index is 461. The van der Waals surface area contributed by atoms with Gasteiger partial charge < -0.3 is 16.4 Å². The average Bonchev–Trinajstić information content (AvgIpc) is 3.19. The van der Waals surface area contributed by atoms with E-state index in [0.717, 1.165) is 12.8 Å². The first-order chi connectivity index (χ1) is 8.68. The van der Waals surface area contributed by atoms with E-state index in [1.807, 2.05) is 0 Å². The second-order valence-electron chi connectivity index (χ2n) is 4.15. The average molecular weight is 265 g/mol. The van der Waals surface area contributed by atoms with Crippen molar-refractivity contribution >= 4 is 28.9 Å². The van der Waals surface area contributed by atoms with Gasteiger partial charge in [0, 0.05) is 19.0 Å². The minimum atomic E-state index is 0.130. The number of carbonyl (C=O) groups excluding carboxylic acids is 1. The van der Waals surface area contributed by atoms with Crippen LogP contribution in [0.1, 0.15) is 18.4 Å². The van der Waals surface area contributed by atoms with Crippen molar-refractivity contribution in [2.75, 3.05) is 18.4 Å². The summed E-state index contributed by atoms with van der Waals surface area (Å²) in [6, 6.07) is 1.71. The molecule has 1 saturated carbocycles. The van der Waals surface area contributed by atoms with Gasteiger partial charge in [-0.05, 0) is 18.9 Å². The van der Waals surface area contributed by atoms with Gasteiger partial charge in [-0.2, -0.15) is 5.10 Å². The highest BCUT2D eigenvalue weighted by Gasteiger charge is 2.28. The summed E-state index contributed by atoms with van der Waals surface area (Å²) in [5.41, 5.74) is 6.23. The molecule has 1 aromatic heterocycles. The zero-order valence-electron chi connectivity index (χ0n) is 9.85. The molecule has 0 aromatic carbocycles. The van der Waals surface area contributed by atoms with E-state index in [4.69, 9.17) is 18.0 Å². The highest BCUT2D eigenvalue weighted by Crippen LogP contribution is 2.28. The van der Waals surface area contributed by atoms with Gasteiger partial charge >= 0.3 is 0 Å². The van der Waals surface area contributed by atoms with Crippen molar-refractivity contribution in [2.24, 2.45) is 11.7 Å². The third-order valence-electron chi connectivity index (χ3n) is 2.65. The number of nitrogens with zero attached hydrogens (tertiary/aromatic N) is 2. The summed E-state index contributed by atoms with van der Waals surface area (Å²) >= 11 is 4.91. The van der Waals surface area contributed by atoms with Crippen LogP contribution in [0.3, 0.4) is 0 Å². The maximum absolute atomic E-state index is 11.4. The van der Waals surface area contributed by atoms with Crippen molar-refractivity contribution < 1.29 is 4.79 Å². The van der Waals surface area contributed by atoms with Gasteiger partial charge in [-0.1, -0.05) is 12.2 Å². The van der Waals surface area contributed by atoms with Crippen LogP contribution >= 0.6 is 12.2 Å². The smallest absolute Gasteiger partial charge is 0.223 e. The Morgan fingerprint density at radius 1 is 1.50 bits per heavy atom. The summed E-state index contributed by atoms with van der Waals surface area (Å²) in [5.74, 6) is 0.907. The molecule has 0 radical (unpaired) electrons. The van der Waals surface area contributed by atoms with Gasteiger partial charge in [0.2, 0.25) is 5.91 Å². The third kappa shape index (κ3) is 3.36. The Morgan fingerprint density at radius 3 is 2.94 bits per heavy atom. The maximum Gasteiger partial charge on any atom is 0.223 e. The number of hydrogen-bond donors (Lipinski definition) is 3. The number of rotatable bonds is 6. The second kappa shape index (κ2) is 5.72. The lowest BCUT2D eigenvalue weighted by molar-refractivity contribution is -0.122. The summed E-state index contributed by atoms with van der Waals surface area (Å²) in [6.07, 6.45) is 3.55. The van der Waals surface area contributed by atoms with Crippen LogP contribution in [0.25, 0.3) is 0 Å². The van der Waals surface area contributed by atoms with E-state index in [9.17, 15) is 4.79 Å². The number of amides is 1. The zero-order valence-corrected chi connectivity index (χ0v) is 10.7. The van der Waals surface area contributed by atoms with Crippen molar-refractivity contribution in [1.29, 1.82) is 0 Å². The molecule has 0 atom stereocenters. The first kappa shape index (κ1) is 12.7. The predicted octanol–water partition coefficient (Wildman–Crippen LogP) is 0.0489. The molecule has 7 heteroatoms. The lowest BCUT2D eigenvalue weighted by atomic mass is 10.3. The minimum Gasteiger partial charge on any atom is -0.389 e. The second-order valence-corrected chi connectivity index (χ2v) is 4.59. The first-order valence-corrected chi connectivity index (χ1v) is 6.22. The molecule has 1 aromatic rings. The molecule has 1 amide bonds. The summed E-state index contributed by atoms with van der Waals surface area (Å²) in [4.78, 5) is 11.7. The maximum atomic E-state index is 11.4. The predicted molar refractivity (Wildman–Crippen MR) is 72.1 cm³/mol. The van der Waals surface area contributed by atoms with Crippen LogP contribution in [0.2, 0.25) is 0 Å². The molecule has 1 fully saturated rings. The number of nitrogens with one attached hydrogen (secondary N) is 2. The van der Waals surface area contributed by atoms with Crippen LogP contribution < -0.4 is 16.4 Å². The Morgan fingerprint density at radius 2 is 2.28 bits per heavy atom. The molecule has 96 valence electrons. The molecule has 0 bridgehead atoms. The molecule has 1 heterocycles. The normalized spacial score (nSPS) is 14.0. The standard InChI is InChI=1S/C11H15N5OS/c12-9(18)8-3-4-15-16-10(8)13-5-6-14-11(17)7-1-2-7/h3-4,7H,1-2,5-6H2,(H2,12,18)(H,13,16)(H,14,17). The number of anilines is 1. The third-order valence-corrected chi connectivity index (χ3v) is 2.87. The summed E-state index contributed by atoms with van der Waals surface area (Å²) in [5, 5.41) is 13.6. The van der Waals surface area contributed by atoms with Crippen molar-refractivity contribution in [3.05, 3.63) is 17.8 Å². The number of carbonyl (C=O) groups is 1. The fourth-order valence-corrected chi connectivity index (χ4v) is 1.68. The largest absolute Gasteiger partial charge is 0.389 e. The van der Waals surface area contributed by atoms with E-state index in [1.54, 1.807) is 6.07 Å². The van der Waals surface area contributed by atoms with Crippen molar-refractivity contribution in [2.45, 2.75) is 12.8 Å². The molecule has 0 unspecified atom stereocenters. The van der Waals surface area contributed by atoms with E-state index in [2.05, 4.69) is 20.8 Å². The molecule has 1 aliphatic rings.